The van der Waals surface area contributed by atoms with E-state index in [-0.39, 0.29) is 22.9 Å². The van der Waals surface area contributed by atoms with Gasteiger partial charge in [0.2, 0.25) is 0 Å². The Morgan fingerprint density at radius 3 is 2.61 bits per heavy atom. The molecule has 0 radical (unpaired) electrons. The number of aliphatic hydroxyl groups excluding tert-OH is 3. The summed E-state index contributed by atoms with van der Waals surface area (Å²) in [6, 6.07) is 0. The van der Waals surface area contributed by atoms with E-state index in [0.29, 0.717) is 30.5 Å². The van der Waals surface area contributed by atoms with Crippen molar-refractivity contribution in [1.82, 2.24) is 0 Å². The van der Waals surface area contributed by atoms with E-state index in [1.807, 2.05) is 0 Å². The summed E-state index contributed by atoms with van der Waals surface area (Å²) in [7, 11) is 0. The van der Waals surface area contributed by atoms with E-state index < -0.39 is 12.2 Å². The van der Waals surface area contributed by atoms with Gasteiger partial charge in [0.25, 0.3) is 0 Å². The van der Waals surface area contributed by atoms with Crippen molar-refractivity contribution >= 4 is 5.78 Å². The lowest BCUT2D eigenvalue weighted by Crippen LogP contribution is -2.39. The lowest BCUT2D eigenvalue weighted by atomic mass is 9.60. The Morgan fingerprint density at radius 1 is 1.13 bits per heavy atom. The number of unbranched alkanes of at least 4 members (excludes halogenated alkanes) is 3. The van der Waals surface area contributed by atoms with Crippen LogP contribution in [0.15, 0.2) is 35.5 Å². The molecule has 0 amide bonds. The van der Waals surface area contributed by atoms with E-state index in [1.54, 1.807) is 0 Å². The summed E-state index contributed by atoms with van der Waals surface area (Å²) >= 11 is 0. The highest BCUT2D eigenvalue weighted by molar-refractivity contribution is 5.87. The largest absolute Gasteiger partial charge is 0.393 e. The molecule has 214 valence electrons. The summed E-state index contributed by atoms with van der Waals surface area (Å²) in [5, 5.41) is 31.7. The molecule has 0 aromatic heterocycles. The van der Waals surface area contributed by atoms with E-state index in [1.165, 1.54) is 37.7 Å². The van der Waals surface area contributed by atoms with Gasteiger partial charge in [0.1, 0.15) is 5.78 Å². The SMILES string of the molecule is C=C1/C(=C\C=C2/CCC[C@]3(C)[C@@H]([C@H](C)[C@H](O)CCC4(C(=O)CCCCCC)CC4)CC[C@@H]23)C[C@@H](O)C[C@@H]1O. The Kier molecular flexibility index (Phi) is 9.80. The zero-order valence-electron chi connectivity index (χ0n) is 24.4. The second-order valence-electron chi connectivity index (χ2n) is 13.6. The van der Waals surface area contributed by atoms with Crippen LogP contribution < -0.4 is 0 Å². The molecule has 0 bridgehead atoms. The van der Waals surface area contributed by atoms with Gasteiger partial charge < -0.3 is 15.3 Å². The quantitative estimate of drug-likeness (QED) is 0.235. The summed E-state index contributed by atoms with van der Waals surface area (Å²) in [6.07, 6.45) is 18.6. The van der Waals surface area contributed by atoms with Gasteiger partial charge in [-0.05, 0) is 105 Å². The van der Waals surface area contributed by atoms with Gasteiger partial charge in [-0.2, -0.15) is 0 Å². The predicted molar refractivity (Wildman–Crippen MR) is 155 cm³/mol. The number of fused-ring (bicyclic) bond motifs is 1. The molecule has 0 aromatic carbocycles. The van der Waals surface area contributed by atoms with Gasteiger partial charge in [0.05, 0.1) is 18.3 Å². The second-order valence-corrected chi connectivity index (χ2v) is 13.6. The van der Waals surface area contributed by atoms with Crippen molar-refractivity contribution in [2.75, 3.05) is 0 Å². The number of ketones is 1. The Labute approximate surface area is 231 Å². The number of allylic oxidation sites excluding steroid dienone is 3. The normalized spacial score (nSPS) is 36.3. The Morgan fingerprint density at radius 2 is 1.89 bits per heavy atom. The maximum Gasteiger partial charge on any atom is 0.139 e. The van der Waals surface area contributed by atoms with Crippen LogP contribution in [0.4, 0.5) is 0 Å². The first-order chi connectivity index (χ1) is 18.1. The van der Waals surface area contributed by atoms with Gasteiger partial charge in [0.15, 0.2) is 0 Å². The highest BCUT2D eigenvalue weighted by Gasteiger charge is 2.52. The number of hydrogen-bond acceptors (Lipinski definition) is 4. The summed E-state index contributed by atoms with van der Waals surface area (Å²) < 4.78 is 0. The fourth-order valence-corrected chi connectivity index (χ4v) is 8.36. The van der Waals surface area contributed by atoms with Crippen LogP contribution in [-0.4, -0.2) is 39.4 Å². The Balaban J connectivity index is 1.36. The van der Waals surface area contributed by atoms with Crippen LogP contribution in [0.2, 0.25) is 0 Å². The van der Waals surface area contributed by atoms with Gasteiger partial charge in [0, 0.05) is 18.3 Å². The first-order valence-corrected chi connectivity index (χ1v) is 15.8. The van der Waals surface area contributed by atoms with E-state index in [0.717, 1.165) is 68.9 Å². The molecule has 4 saturated carbocycles. The van der Waals surface area contributed by atoms with Crippen LogP contribution in [0.25, 0.3) is 0 Å². The minimum Gasteiger partial charge on any atom is -0.393 e. The van der Waals surface area contributed by atoms with Crippen molar-refractivity contribution in [2.24, 2.45) is 28.6 Å². The molecule has 7 atom stereocenters. The predicted octanol–water partition coefficient (Wildman–Crippen LogP) is 7.22. The lowest BCUT2D eigenvalue weighted by molar-refractivity contribution is -0.124. The molecule has 38 heavy (non-hydrogen) atoms. The van der Waals surface area contributed by atoms with Crippen molar-refractivity contribution in [3.8, 4) is 0 Å². The van der Waals surface area contributed by atoms with Crippen LogP contribution in [0.5, 0.6) is 0 Å². The van der Waals surface area contributed by atoms with E-state index in [4.69, 9.17) is 0 Å². The zero-order valence-corrected chi connectivity index (χ0v) is 24.4. The molecule has 4 fully saturated rings. The average molecular weight is 527 g/mol. The topological polar surface area (TPSA) is 77.8 Å². The maximum atomic E-state index is 12.9. The van der Waals surface area contributed by atoms with Gasteiger partial charge in [-0.3, -0.25) is 4.79 Å². The molecule has 4 heteroatoms. The summed E-state index contributed by atoms with van der Waals surface area (Å²) in [6.45, 7) is 11.0. The third-order valence-corrected chi connectivity index (χ3v) is 11.2. The van der Waals surface area contributed by atoms with Crippen LogP contribution in [0, 0.1) is 28.6 Å². The first-order valence-electron chi connectivity index (χ1n) is 15.8. The first kappa shape index (κ1) is 29.7. The van der Waals surface area contributed by atoms with Gasteiger partial charge in [-0.1, -0.05) is 64.3 Å². The van der Waals surface area contributed by atoms with Crippen molar-refractivity contribution in [3.05, 3.63) is 35.5 Å². The fourth-order valence-electron chi connectivity index (χ4n) is 8.36. The fraction of sp³-hybridized carbons (Fsp3) is 0.794. The smallest absolute Gasteiger partial charge is 0.139 e. The molecule has 0 saturated heterocycles. The van der Waals surface area contributed by atoms with Crippen LogP contribution >= 0.6 is 0 Å². The molecule has 0 aliphatic heterocycles. The highest BCUT2D eigenvalue weighted by Crippen LogP contribution is 2.60. The molecule has 0 heterocycles. The number of rotatable bonds is 12. The molecule has 0 spiro atoms. The van der Waals surface area contributed by atoms with Crippen molar-refractivity contribution in [2.45, 2.75) is 142 Å². The van der Waals surface area contributed by atoms with Crippen LogP contribution in [-0.2, 0) is 4.79 Å². The Hall–Kier alpha value is -1.23. The summed E-state index contributed by atoms with van der Waals surface area (Å²) in [5.41, 5.74) is 3.29. The van der Waals surface area contributed by atoms with E-state index in [2.05, 4.69) is 39.5 Å². The summed E-state index contributed by atoms with van der Waals surface area (Å²) in [5.74, 6) is 1.71. The summed E-state index contributed by atoms with van der Waals surface area (Å²) in [4.78, 5) is 12.9. The van der Waals surface area contributed by atoms with Crippen LogP contribution in [0.1, 0.15) is 124 Å². The average Bonchev–Trinajstić information content (AvgIpc) is 3.60. The van der Waals surface area contributed by atoms with Gasteiger partial charge in [-0.25, -0.2) is 0 Å². The third-order valence-electron chi connectivity index (χ3n) is 11.2. The van der Waals surface area contributed by atoms with E-state index in [9.17, 15) is 20.1 Å². The number of Topliss-reactive ketones (excluding diaryl/α,β-unsaturated/α-hetero) is 1. The molecule has 4 nitrogen and oxygen atoms in total. The van der Waals surface area contributed by atoms with Gasteiger partial charge in [-0.15, -0.1) is 0 Å². The van der Waals surface area contributed by atoms with Crippen LogP contribution in [0.3, 0.4) is 0 Å². The number of carbonyl (C=O) groups is 1. The zero-order chi connectivity index (χ0) is 27.5. The second kappa shape index (κ2) is 12.5. The molecular weight excluding hydrogens is 472 g/mol. The standard InChI is InChI=1S/C34H54O4/c1-5-6-7-8-11-32(38)34(19-20-34)18-16-30(36)24(3)28-14-15-29-25(10-9-17-33(28,29)4)12-13-26-21-27(35)22-31(37)23(26)2/h12-13,24,27-31,35-37H,2,5-11,14-22H2,1,3-4H3/b25-12+,26-13-/t24-,27+,28+,29-,30+,31-,33+/m0/s1. The van der Waals surface area contributed by atoms with Gasteiger partial charge >= 0.3 is 0 Å². The number of aliphatic hydroxyl groups is 3. The van der Waals surface area contributed by atoms with Crippen molar-refractivity contribution < 1.29 is 20.1 Å². The van der Waals surface area contributed by atoms with Crippen molar-refractivity contribution in [1.29, 1.82) is 0 Å². The maximum absolute atomic E-state index is 12.9. The minimum absolute atomic E-state index is 0.118. The monoisotopic (exact) mass is 526 g/mol. The van der Waals surface area contributed by atoms with E-state index >= 15 is 0 Å². The number of hydrogen-bond donors (Lipinski definition) is 3. The third kappa shape index (κ3) is 6.39. The molecule has 4 aliphatic rings. The lowest BCUT2D eigenvalue weighted by Gasteiger charge is -2.45. The highest BCUT2D eigenvalue weighted by atomic mass is 16.3. The molecule has 0 unspecified atom stereocenters. The minimum atomic E-state index is -0.649. The number of carbonyl (C=O) groups excluding carboxylic acids is 1. The molecule has 4 aliphatic carbocycles. The molecule has 4 rings (SSSR count). The molecular formula is C34H54O4. The Bertz CT molecular complexity index is 911. The molecule has 3 N–H and O–H groups in total. The van der Waals surface area contributed by atoms with Crippen molar-refractivity contribution in [3.63, 3.8) is 0 Å². The molecule has 0 aromatic rings.